The predicted molar refractivity (Wildman–Crippen MR) is 144 cm³/mol. The molecule has 0 saturated heterocycles. The van der Waals surface area contributed by atoms with Gasteiger partial charge in [0.25, 0.3) is 0 Å². The predicted octanol–water partition coefficient (Wildman–Crippen LogP) is 6.71. The van der Waals surface area contributed by atoms with Gasteiger partial charge in [0, 0.05) is 18.2 Å². The fourth-order valence-corrected chi connectivity index (χ4v) is 5.79. The number of aryl methyl sites for hydroxylation is 1. The van der Waals surface area contributed by atoms with E-state index in [9.17, 15) is 9.59 Å². The van der Waals surface area contributed by atoms with Crippen LogP contribution in [-0.4, -0.2) is 25.7 Å². The smallest absolute Gasteiger partial charge is 0.197 e. The Bertz CT molecular complexity index is 1820. The fourth-order valence-electron chi connectivity index (χ4n) is 5.04. The van der Waals surface area contributed by atoms with Gasteiger partial charge in [0.15, 0.2) is 17.2 Å². The van der Waals surface area contributed by atoms with Gasteiger partial charge in [0.05, 0.1) is 16.8 Å². The maximum absolute atomic E-state index is 13.4. The van der Waals surface area contributed by atoms with Crippen molar-refractivity contribution in [2.75, 3.05) is 0 Å². The Morgan fingerprint density at radius 2 is 1.47 bits per heavy atom. The molecule has 172 valence electrons. The van der Waals surface area contributed by atoms with Crippen LogP contribution in [0.5, 0.6) is 0 Å². The Morgan fingerprint density at radius 1 is 0.806 bits per heavy atom. The highest BCUT2D eigenvalue weighted by atomic mass is 32.1. The topological polar surface area (TPSA) is 56.9 Å². The van der Waals surface area contributed by atoms with Crippen LogP contribution in [0, 0.1) is 0 Å². The summed E-state index contributed by atoms with van der Waals surface area (Å²) in [7, 11) is 1.99. The Morgan fingerprint density at radius 3 is 2.11 bits per heavy atom. The standard InChI is InChI=1S/C30H19N3O2S/c1-32-24(18-8-3-2-4-9-18)17-25-30(32)31-26(33(25)27-12-7-13-36-27)16-23-28(34)21-14-19-10-5-6-11-20(19)15-22(21)29(23)35/h2-17H,1H3. The molecule has 7 rings (SSSR count). The van der Waals surface area contributed by atoms with E-state index in [-0.39, 0.29) is 17.1 Å². The fraction of sp³-hybridized carbons (Fsp3) is 0.0333. The molecule has 0 aliphatic heterocycles. The van der Waals surface area contributed by atoms with Crippen molar-refractivity contribution in [2.45, 2.75) is 0 Å². The SMILES string of the molecule is Cn1c(-c2ccccc2)cc2c1nc(C=C1C(=O)c3cc4ccccc4cc3C1=O)n2-c1cccs1. The second kappa shape index (κ2) is 7.73. The molecule has 3 heterocycles. The third-order valence-corrected chi connectivity index (χ3v) is 7.66. The first-order valence-corrected chi connectivity index (χ1v) is 12.5. The number of fused-ring (bicyclic) bond motifs is 3. The van der Waals surface area contributed by atoms with Gasteiger partial charge < -0.3 is 4.57 Å². The van der Waals surface area contributed by atoms with Crippen LogP contribution in [0.15, 0.2) is 95.9 Å². The minimum Gasteiger partial charge on any atom is -0.327 e. The molecule has 0 amide bonds. The van der Waals surface area contributed by atoms with Crippen molar-refractivity contribution in [3.63, 3.8) is 0 Å². The normalized spacial score (nSPS) is 13.2. The van der Waals surface area contributed by atoms with Gasteiger partial charge in [0.1, 0.15) is 10.8 Å². The van der Waals surface area contributed by atoms with Crippen LogP contribution < -0.4 is 0 Å². The number of rotatable bonds is 3. The minimum absolute atomic E-state index is 0.150. The van der Waals surface area contributed by atoms with E-state index in [2.05, 4.69) is 22.8 Å². The second-order valence-electron chi connectivity index (χ2n) is 8.88. The molecule has 0 spiro atoms. The van der Waals surface area contributed by atoms with Gasteiger partial charge in [-0.15, -0.1) is 11.3 Å². The first-order valence-electron chi connectivity index (χ1n) is 11.6. The molecule has 0 fully saturated rings. The van der Waals surface area contributed by atoms with Crippen LogP contribution in [-0.2, 0) is 7.05 Å². The van der Waals surface area contributed by atoms with Crippen molar-refractivity contribution < 1.29 is 9.59 Å². The largest absolute Gasteiger partial charge is 0.327 e. The van der Waals surface area contributed by atoms with Crippen molar-refractivity contribution in [1.29, 1.82) is 0 Å². The molecule has 0 saturated carbocycles. The number of nitrogens with zero attached hydrogens (tertiary/aromatic N) is 3. The number of Topliss-reactive ketones (excluding diaryl/α,β-unsaturated/α-hetero) is 2. The highest BCUT2D eigenvalue weighted by Crippen LogP contribution is 2.35. The Balaban J connectivity index is 1.42. The average molecular weight is 486 g/mol. The molecule has 3 aromatic carbocycles. The average Bonchev–Trinajstić information content (AvgIpc) is 3.66. The van der Waals surface area contributed by atoms with E-state index in [1.54, 1.807) is 17.4 Å². The van der Waals surface area contributed by atoms with E-state index in [0.29, 0.717) is 17.0 Å². The van der Waals surface area contributed by atoms with E-state index in [1.807, 2.05) is 83.7 Å². The third kappa shape index (κ3) is 2.98. The monoisotopic (exact) mass is 485 g/mol. The van der Waals surface area contributed by atoms with E-state index >= 15 is 0 Å². The number of imidazole rings is 1. The van der Waals surface area contributed by atoms with Crippen LogP contribution in [0.2, 0.25) is 0 Å². The maximum atomic E-state index is 13.4. The van der Waals surface area contributed by atoms with E-state index in [4.69, 9.17) is 4.98 Å². The molecular formula is C30H19N3O2S. The summed E-state index contributed by atoms with van der Waals surface area (Å²) < 4.78 is 4.08. The zero-order valence-electron chi connectivity index (χ0n) is 19.3. The van der Waals surface area contributed by atoms with Crippen molar-refractivity contribution in [3.8, 4) is 16.3 Å². The Kier molecular flexibility index (Phi) is 4.46. The summed E-state index contributed by atoms with van der Waals surface area (Å²) in [6.07, 6.45) is 1.65. The molecule has 1 aliphatic rings. The van der Waals surface area contributed by atoms with Crippen molar-refractivity contribution in [3.05, 3.63) is 113 Å². The van der Waals surface area contributed by atoms with Crippen molar-refractivity contribution in [1.82, 2.24) is 14.1 Å². The van der Waals surface area contributed by atoms with E-state index in [0.717, 1.165) is 38.2 Å². The molecule has 0 atom stereocenters. The zero-order chi connectivity index (χ0) is 24.4. The molecule has 0 radical (unpaired) electrons. The summed E-state index contributed by atoms with van der Waals surface area (Å²) in [5.41, 5.74) is 4.91. The molecule has 3 aromatic heterocycles. The highest BCUT2D eigenvalue weighted by molar-refractivity contribution is 7.12. The number of allylic oxidation sites excluding steroid dienone is 1. The summed E-state index contributed by atoms with van der Waals surface area (Å²) in [4.78, 5) is 31.7. The zero-order valence-corrected chi connectivity index (χ0v) is 20.1. The van der Waals surface area contributed by atoms with Gasteiger partial charge in [-0.3, -0.25) is 14.2 Å². The third-order valence-electron chi connectivity index (χ3n) is 6.81. The minimum atomic E-state index is -0.254. The number of aromatic nitrogens is 3. The van der Waals surface area contributed by atoms with Crippen molar-refractivity contribution in [2.24, 2.45) is 7.05 Å². The van der Waals surface area contributed by atoms with Crippen LogP contribution in [0.25, 0.3) is 44.3 Å². The molecule has 6 heteroatoms. The summed E-state index contributed by atoms with van der Waals surface area (Å²) in [5, 5.41) is 4.86. The first kappa shape index (κ1) is 20.8. The quantitative estimate of drug-likeness (QED) is 0.207. The second-order valence-corrected chi connectivity index (χ2v) is 9.81. The van der Waals surface area contributed by atoms with Gasteiger partial charge in [-0.2, -0.15) is 0 Å². The Labute approximate surface area is 210 Å². The summed E-state index contributed by atoms with van der Waals surface area (Å²) in [6, 6.07) is 27.7. The van der Waals surface area contributed by atoms with Crippen LogP contribution in [0.3, 0.4) is 0 Å². The highest BCUT2D eigenvalue weighted by Gasteiger charge is 2.34. The molecule has 6 aromatic rings. The number of hydrogen-bond acceptors (Lipinski definition) is 4. The molecule has 0 unspecified atom stereocenters. The summed E-state index contributed by atoms with van der Waals surface area (Å²) >= 11 is 1.58. The summed E-state index contributed by atoms with van der Waals surface area (Å²) in [5.74, 6) is 0.0535. The number of benzene rings is 3. The van der Waals surface area contributed by atoms with Gasteiger partial charge in [-0.1, -0.05) is 54.6 Å². The molecule has 5 nitrogen and oxygen atoms in total. The molecule has 0 bridgehead atoms. The number of ketones is 2. The van der Waals surface area contributed by atoms with Crippen LogP contribution in [0.4, 0.5) is 0 Å². The summed E-state index contributed by atoms with van der Waals surface area (Å²) in [6.45, 7) is 0. The lowest BCUT2D eigenvalue weighted by atomic mass is 10.0. The molecule has 1 aliphatic carbocycles. The molecule has 36 heavy (non-hydrogen) atoms. The lowest BCUT2D eigenvalue weighted by molar-refractivity contribution is 0.0990. The van der Waals surface area contributed by atoms with Crippen LogP contribution >= 0.6 is 11.3 Å². The van der Waals surface area contributed by atoms with Crippen LogP contribution in [0.1, 0.15) is 26.5 Å². The van der Waals surface area contributed by atoms with E-state index in [1.165, 1.54) is 0 Å². The van der Waals surface area contributed by atoms with Gasteiger partial charge in [-0.05, 0) is 58.1 Å². The van der Waals surface area contributed by atoms with Gasteiger partial charge in [-0.25, -0.2) is 4.98 Å². The number of thiophene rings is 1. The number of carbonyl (C=O) groups is 2. The lowest BCUT2D eigenvalue weighted by Gasteiger charge is -2.05. The Hall–Kier alpha value is -4.55. The van der Waals surface area contributed by atoms with Gasteiger partial charge in [0.2, 0.25) is 0 Å². The number of carbonyl (C=O) groups excluding carboxylic acids is 2. The van der Waals surface area contributed by atoms with E-state index < -0.39 is 0 Å². The van der Waals surface area contributed by atoms with Crippen molar-refractivity contribution >= 4 is 50.9 Å². The molecule has 0 N–H and O–H groups in total. The number of hydrogen-bond donors (Lipinski definition) is 0. The maximum Gasteiger partial charge on any atom is 0.197 e. The first-order chi connectivity index (χ1) is 17.6. The molecular weight excluding hydrogens is 466 g/mol. The van der Waals surface area contributed by atoms with Gasteiger partial charge >= 0.3 is 0 Å². The lowest BCUT2D eigenvalue weighted by Crippen LogP contribution is -2.03.